The molecule has 1 aliphatic heterocycles. The van der Waals surface area contributed by atoms with Crippen molar-refractivity contribution < 1.29 is 18.4 Å². The summed E-state index contributed by atoms with van der Waals surface area (Å²) in [6, 6.07) is 5.93. The van der Waals surface area contributed by atoms with Gasteiger partial charge in [-0.15, -0.1) is 0 Å². The summed E-state index contributed by atoms with van der Waals surface area (Å²) in [4.78, 5) is 18.7. The lowest BCUT2D eigenvalue weighted by Crippen LogP contribution is -2.41. The van der Waals surface area contributed by atoms with Crippen LogP contribution in [0.3, 0.4) is 0 Å². The van der Waals surface area contributed by atoms with Crippen molar-refractivity contribution in [1.82, 2.24) is 15.0 Å². The highest BCUT2D eigenvalue weighted by Gasteiger charge is 2.29. The van der Waals surface area contributed by atoms with Gasteiger partial charge in [-0.1, -0.05) is 5.16 Å². The lowest BCUT2D eigenvalue weighted by molar-refractivity contribution is -0.135. The second kappa shape index (κ2) is 8.37. The van der Waals surface area contributed by atoms with Crippen LogP contribution in [0.1, 0.15) is 31.1 Å². The molecular formula is C18H23FN4O3. The molecule has 1 aliphatic rings. The van der Waals surface area contributed by atoms with Crippen LogP contribution in [-0.4, -0.2) is 53.8 Å². The third-order valence-corrected chi connectivity index (χ3v) is 4.67. The maximum Gasteiger partial charge on any atom is 0.231 e. The second-order valence-corrected chi connectivity index (χ2v) is 6.44. The number of rotatable bonds is 6. The first-order chi connectivity index (χ1) is 12.6. The van der Waals surface area contributed by atoms with E-state index in [1.54, 1.807) is 24.1 Å². The number of nitrogens with two attached hydrogens (primary N) is 1. The molecule has 0 aliphatic carbocycles. The van der Waals surface area contributed by atoms with Crippen LogP contribution >= 0.6 is 0 Å². The van der Waals surface area contributed by atoms with Gasteiger partial charge in [0.1, 0.15) is 5.82 Å². The zero-order chi connectivity index (χ0) is 18.5. The zero-order valence-corrected chi connectivity index (χ0v) is 14.7. The molecule has 0 bridgehead atoms. The van der Waals surface area contributed by atoms with E-state index in [-0.39, 0.29) is 30.2 Å². The first kappa shape index (κ1) is 18.5. The van der Waals surface area contributed by atoms with Crippen molar-refractivity contribution in [2.75, 3.05) is 26.7 Å². The fourth-order valence-electron chi connectivity index (χ4n) is 3.11. The molecule has 1 aromatic heterocycles. The van der Waals surface area contributed by atoms with Crippen LogP contribution < -0.4 is 5.73 Å². The fourth-order valence-corrected chi connectivity index (χ4v) is 3.11. The average molecular weight is 362 g/mol. The van der Waals surface area contributed by atoms with E-state index in [2.05, 4.69) is 10.1 Å². The largest absolute Gasteiger partial charge is 0.380 e. The number of piperidine rings is 1. The SMILES string of the molecule is COC(CN)CC(=O)N1CCCC(c2nc(-c3ccc(F)cc3)no2)C1. The number of likely N-dealkylation sites (tertiary alicyclic amines) is 1. The Kier molecular flexibility index (Phi) is 5.95. The Bertz CT molecular complexity index is 730. The molecule has 2 atom stereocenters. The van der Waals surface area contributed by atoms with Gasteiger partial charge in [-0.05, 0) is 37.1 Å². The van der Waals surface area contributed by atoms with Gasteiger partial charge in [0, 0.05) is 32.3 Å². The number of hydrogen-bond donors (Lipinski definition) is 1. The number of amides is 1. The zero-order valence-electron chi connectivity index (χ0n) is 14.7. The smallest absolute Gasteiger partial charge is 0.231 e. The molecule has 1 amide bonds. The summed E-state index contributed by atoms with van der Waals surface area (Å²) >= 11 is 0. The van der Waals surface area contributed by atoms with Gasteiger partial charge in [-0.25, -0.2) is 4.39 Å². The molecule has 3 rings (SSSR count). The van der Waals surface area contributed by atoms with Gasteiger partial charge >= 0.3 is 0 Å². The third kappa shape index (κ3) is 4.25. The molecule has 2 heterocycles. The normalized spacial score (nSPS) is 18.7. The minimum absolute atomic E-state index is 0.00623. The van der Waals surface area contributed by atoms with Gasteiger partial charge in [0.2, 0.25) is 17.6 Å². The summed E-state index contributed by atoms with van der Waals surface area (Å²) in [5.74, 6) is 0.624. The van der Waals surface area contributed by atoms with E-state index in [9.17, 15) is 9.18 Å². The molecule has 1 saturated heterocycles. The molecule has 2 N–H and O–H groups in total. The van der Waals surface area contributed by atoms with Crippen LogP contribution in [0.5, 0.6) is 0 Å². The number of methoxy groups -OCH3 is 1. The van der Waals surface area contributed by atoms with Gasteiger partial charge in [0.05, 0.1) is 18.4 Å². The Morgan fingerprint density at radius 2 is 2.23 bits per heavy atom. The highest BCUT2D eigenvalue weighted by atomic mass is 19.1. The van der Waals surface area contributed by atoms with E-state index in [1.807, 2.05) is 0 Å². The van der Waals surface area contributed by atoms with Crippen molar-refractivity contribution in [1.29, 1.82) is 0 Å². The molecule has 8 heteroatoms. The standard InChI is InChI=1S/C18H23FN4O3/c1-25-15(10-20)9-16(24)23-8-2-3-13(11-23)18-21-17(22-26-18)12-4-6-14(19)7-5-12/h4-7,13,15H,2-3,8-11,20H2,1H3. The van der Waals surface area contributed by atoms with Crippen LogP contribution in [0.15, 0.2) is 28.8 Å². The van der Waals surface area contributed by atoms with E-state index in [4.69, 9.17) is 15.0 Å². The number of carbonyl (C=O) groups is 1. The number of hydrogen-bond acceptors (Lipinski definition) is 6. The average Bonchev–Trinajstić information content (AvgIpc) is 3.17. The molecule has 1 fully saturated rings. The predicted octanol–water partition coefficient (Wildman–Crippen LogP) is 1.95. The Morgan fingerprint density at radius 1 is 1.46 bits per heavy atom. The highest BCUT2D eigenvalue weighted by molar-refractivity contribution is 5.77. The molecule has 0 spiro atoms. The summed E-state index contributed by atoms with van der Waals surface area (Å²) in [6.07, 6.45) is 1.74. The summed E-state index contributed by atoms with van der Waals surface area (Å²) < 4.78 is 23.6. The molecule has 0 radical (unpaired) electrons. The number of carbonyl (C=O) groups excluding carboxylic acids is 1. The van der Waals surface area contributed by atoms with Crippen molar-refractivity contribution in [3.63, 3.8) is 0 Å². The van der Waals surface area contributed by atoms with Crippen LogP contribution in [0.4, 0.5) is 4.39 Å². The van der Waals surface area contributed by atoms with Gasteiger partial charge < -0.3 is 19.9 Å². The molecule has 2 aromatic rings. The second-order valence-electron chi connectivity index (χ2n) is 6.44. The summed E-state index contributed by atoms with van der Waals surface area (Å²) in [7, 11) is 1.55. The van der Waals surface area contributed by atoms with Crippen molar-refractivity contribution in [2.24, 2.45) is 5.73 Å². The summed E-state index contributed by atoms with van der Waals surface area (Å²) in [5.41, 5.74) is 6.29. The third-order valence-electron chi connectivity index (χ3n) is 4.67. The first-order valence-electron chi connectivity index (χ1n) is 8.71. The Balaban J connectivity index is 1.66. The van der Waals surface area contributed by atoms with E-state index < -0.39 is 0 Å². The monoisotopic (exact) mass is 362 g/mol. The highest BCUT2D eigenvalue weighted by Crippen LogP contribution is 2.28. The number of nitrogens with zero attached hydrogens (tertiary/aromatic N) is 3. The topological polar surface area (TPSA) is 94.5 Å². The lowest BCUT2D eigenvalue weighted by atomic mass is 9.97. The maximum absolute atomic E-state index is 13.0. The van der Waals surface area contributed by atoms with Crippen LogP contribution in [0.25, 0.3) is 11.4 Å². The number of ether oxygens (including phenoxy) is 1. The molecular weight excluding hydrogens is 339 g/mol. The molecule has 2 unspecified atom stereocenters. The molecule has 1 aromatic carbocycles. The minimum atomic E-state index is -0.314. The minimum Gasteiger partial charge on any atom is -0.380 e. The molecule has 7 nitrogen and oxygen atoms in total. The Morgan fingerprint density at radius 3 is 2.92 bits per heavy atom. The van der Waals surface area contributed by atoms with E-state index in [0.29, 0.717) is 36.9 Å². The number of benzene rings is 1. The van der Waals surface area contributed by atoms with Gasteiger partial charge in [-0.3, -0.25) is 4.79 Å². The summed E-state index contributed by atoms with van der Waals surface area (Å²) in [6.45, 7) is 1.55. The first-order valence-corrected chi connectivity index (χ1v) is 8.71. The van der Waals surface area contributed by atoms with Crippen molar-refractivity contribution in [3.8, 4) is 11.4 Å². The van der Waals surface area contributed by atoms with Crippen molar-refractivity contribution in [3.05, 3.63) is 36.0 Å². The maximum atomic E-state index is 13.0. The number of aromatic nitrogens is 2. The van der Waals surface area contributed by atoms with Crippen molar-refractivity contribution >= 4 is 5.91 Å². The van der Waals surface area contributed by atoms with Gasteiger partial charge in [0.15, 0.2) is 0 Å². The van der Waals surface area contributed by atoms with E-state index >= 15 is 0 Å². The van der Waals surface area contributed by atoms with Crippen LogP contribution in [-0.2, 0) is 9.53 Å². The molecule has 26 heavy (non-hydrogen) atoms. The molecule has 140 valence electrons. The van der Waals surface area contributed by atoms with E-state index in [0.717, 1.165) is 12.8 Å². The summed E-state index contributed by atoms with van der Waals surface area (Å²) in [5, 5.41) is 3.99. The Hall–Kier alpha value is -2.32. The fraction of sp³-hybridized carbons (Fsp3) is 0.500. The Labute approximate surface area is 151 Å². The number of halogens is 1. The van der Waals surface area contributed by atoms with Gasteiger partial charge in [-0.2, -0.15) is 4.98 Å². The molecule has 0 saturated carbocycles. The quantitative estimate of drug-likeness (QED) is 0.844. The van der Waals surface area contributed by atoms with Crippen LogP contribution in [0, 0.1) is 5.82 Å². The van der Waals surface area contributed by atoms with Crippen LogP contribution in [0.2, 0.25) is 0 Å². The van der Waals surface area contributed by atoms with Gasteiger partial charge in [0.25, 0.3) is 0 Å². The van der Waals surface area contributed by atoms with E-state index in [1.165, 1.54) is 12.1 Å². The lowest BCUT2D eigenvalue weighted by Gasteiger charge is -2.31. The predicted molar refractivity (Wildman–Crippen MR) is 92.7 cm³/mol. The van der Waals surface area contributed by atoms with Crippen molar-refractivity contribution in [2.45, 2.75) is 31.3 Å².